The van der Waals surface area contributed by atoms with Gasteiger partial charge in [-0.1, -0.05) is 48.0 Å². The maximum Gasteiger partial charge on any atom is 0.127 e. The molecule has 2 aromatic carbocycles. The van der Waals surface area contributed by atoms with Crippen LogP contribution in [-0.4, -0.2) is 4.98 Å². The number of benzene rings is 2. The van der Waals surface area contributed by atoms with Crippen molar-refractivity contribution in [1.29, 1.82) is 0 Å². The number of para-hydroxylation sites is 1. The van der Waals surface area contributed by atoms with Crippen LogP contribution in [0.4, 0.5) is 5.82 Å². The number of aryl methyl sites for hydroxylation is 1. The number of nitrogens with zero attached hydrogens (tertiary/aromatic N) is 1. The summed E-state index contributed by atoms with van der Waals surface area (Å²) in [5.41, 5.74) is 3.57. The molecule has 0 amide bonds. The molecule has 1 atom stereocenters. The van der Waals surface area contributed by atoms with Crippen molar-refractivity contribution >= 4 is 16.7 Å². The highest BCUT2D eigenvalue weighted by molar-refractivity contribution is 5.80. The molecule has 0 bridgehead atoms. The SMILES string of the molecule is Cc1ccc(C(C)Nc2ccc3ccccc3n2)cc1. The van der Waals surface area contributed by atoms with Crippen molar-refractivity contribution in [3.8, 4) is 0 Å². The quantitative estimate of drug-likeness (QED) is 0.739. The molecule has 0 aliphatic rings. The molecule has 2 nitrogen and oxygen atoms in total. The summed E-state index contributed by atoms with van der Waals surface area (Å²) in [5, 5.41) is 4.63. The van der Waals surface area contributed by atoms with Crippen LogP contribution >= 0.6 is 0 Å². The van der Waals surface area contributed by atoms with Crippen molar-refractivity contribution in [2.24, 2.45) is 0 Å². The number of aromatic nitrogens is 1. The predicted octanol–water partition coefficient (Wildman–Crippen LogP) is 4.72. The minimum absolute atomic E-state index is 0.240. The summed E-state index contributed by atoms with van der Waals surface area (Å²) in [6, 6.07) is 21.1. The zero-order valence-electron chi connectivity index (χ0n) is 11.8. The molecule has 0 radical (unpaired) electrons. The van der Waals surface area contributed by atoms with Crippen LogP contribution < -0.4 is 5.32 Å². The van der Waals surface area contributed by atoms with E-state index in [9.17, 15) is 0 Å². The molecule has 20 heavy (non-hydrogen) atoms. The zero-order valence-corrected chi connectivity index (χ0v) is 11.8. The molecule has 1 N–H and O–H groups in total. The van der Waals surface area contributed by atoms with Crippen LogP contribution in [0.25, 0.3) is 10.9 Å². The van der Waals surface area contributed by atoms with Gasteiger partial charge in [0.05, 0.1) is 5.52 Å². The predicted molar refractivity (Wildman–Crippen MR) is 85.0 cm³/mol. The summed E-state index contributed by atoms with van der Waals surface area (Å²) in [7, 11) is 0. The Kier molecular flexibility index (Phi) is 3.38. The smallest absolute Gasteiger partial charge is 0.127 e. The van der Waals surface area contributed by atoms with E-state index in [-0.39, 0.29) is 6.04 Å². The van der Waals surface area contributed by atoms with Crippen LogP contribution in [0.3, 0.4) is 0 Å². The van der Waals surface area contributed by atoms with Crippen molar-refractivity contribution in [3.05, 3.63) is 71.8 Å². The first-order valence-corrected chi connectivity index (χ1v) is 6.91. The van der Waals surface area contributed by atoms with Gasteiger partial charge in [-0.3, -0.25) is 0 Å². The maximum atomic E-state index is 4.65. The van der Waals surface area contributed by atoms with Gasteiger partial charge in [0.15, 0.2) is 0 Å². The molecule has 2 heteroatoms. The van der Waals surface area contributed by atoms with Crippen molar-refractivity contribution < 1.29 is 0 Å². The van der Waals surface area contributed by atoms with E-state index in [0.717, 1.165) is 11.3 Å². The highest BCUT2D eigenvalue weighted by Gasteiger charge is 2.06. The first kappa shape index (κ1) is 12.7. The molecule has 100 valence electrons. The Bertz CT molecular complexity index is 717. The first-order chi connectivity index (χ1) is 9.72. The summed E-state index contributed by atoms with van der Waals surface area (Å²) in [6.07, 6.45) is 0. The minimum Gasteiger partial charge on any atom is -0.364 e. The lowest BCUT2D eigenvalue weighted by Gasteiger charge is -2.15. The van der Waals surface area contributed by atoms with E-state index in [1.165, 1.54) is 16.5 Å². The van der Waals surface area contributed by atoms with Gasteiger partial charge in [-0.05, 0) is 37.6 Å². The van der Waals surface area contributed by atoms with Crippen LogP contribution in [0.2, 0.25) is 0 Å². The summed E-state index contributed by atoms with van der Waals surface area (Å²) in [5.74, 6) is 0.914. The number of pyridine rings is 1. The average molecular weight is 262 g/mol. The fourth-order valence-corrected chi connectivity index (χ4v) is 2.31. The molecule has 0 aliphatic heterocycles. The number of hydrogen-bond acceptors (Lipinski definition) is 2. The lowest BCUT2D eigenvalue weighted by Crippen LogP contribution is -2.07. The minimum atomic E-state index is 0.240. The third-order valence-corrected chi connectivity index (χ3v) is 3.54. The van der Waals surface area contributed by atoms with Gasteiger partial charge in [0.1, 0.15) is 5.82 Å². The molecule has 0 saturated carbocycles. The molecule has 0 spiro atoms. The van der Waals surface area contributed by atoms with Crippen LogP contribution in [0.15, 0.2) is 60.7 Å². The second-order valence-corrected chi connectivity index (χ2v) is 5.17. The van der Waals surface area contributed by atoms with E-state index in [1.54, 1.807) is 0 Å². The average Bonchev–Trinajstić information content (AvgIpc) is 2.48. The fourth-order valence-electron chi connectivity index (χ4n) is 2.31. The Morgan fingerprint density at radius 1 is 0.900 bits per heavy atom. The van der Waals surface area contributed by atoms with Crippen molar-refractivity contribution in [2.45, 2.75) is 19.9 Å². The normalized spacial score (nSPS) is 12.3. The van der Waals surface area contributed by atoms with Gasteiger partial charge in [0.2, 0.25) is 0 Å². The second kappa shape index (κ2) is 5.33. The molecule has 1 unspecified atom stereocenters. The van der Waals surface area contributed by atoms with Crippen molar-refractivity contribution in [1.82, 2.24) is 4.98 Å². The van der Waals surface area contributed by atoms with E-state index in [0.29, 0.717) is 0 Å². The molecule has 0 fully saturated rings. The molecule has 3 aromatic rings. The Morgan fingerprint density at radius 3 is 2.45 bits per heavy atom. The largest absolute Gasteiger partial charge is 0.364 e. The summed E-state index contributed by atoms with van der Waals surface area (Å²) in [4.78, 5) is 4.65. The summed E-state index contributed by atoms with van der Waals surface area (Å²) in [6.45, 7) is 4.26. The van der Waals surface area contributed by atoms with Gasteiger partial charge in [-0.15, -0.1) is 0 Å². The van der Waals surface area contributed by atoms with E-state index in [4.69, 9.17) is 0 Å². The second-order valence-electron chi connectivity index (χ2n) is 5.17. The molecule has 1 aromatic heterocycles. The van der Waals surface area contributed by atoms with E-state index < -0.39 is 0 Å². The highest BCUT2D eigenvalue weighted by atomic mass is 15.0. The number of anilines is 1. The van der Waals surface area contributed by atoms with Gasteiger partial charge >= 0.3 is 0 Å². The van der Waals surface area contributed by atoms with Gasteiger partial charge < -0.3 is 5.32 Å². The molecule has 1 heterocycles. The maximum absolute atomic E-state index is 4.65. The summed E-state index contributed by atoms with van der Waals surface area (Å²) < 4.78 is 0. The monoisotopic (exact) mass is 262 g/mol. The Hall–Kier alpha value is -2.35. The lowest BCUT2D eigenvalue weighted by molar-refractivity contribution is 0.876. The standard InChI is InChI=1S/C18H18N2/c1-13-7-9-15(10-8-13)14(2)19-18-12-11-16-5-3-4-6-17(16)20-18/h3-12,14H,1-2H3,(H,19,20). The van der Waals surface area contributed by atoms with Gasteiger partial charge in [0, 0.05) is 11.4 Å². The molecule has 3 rings (SSSR count). The lowest BCUT2D eigenvalue weighted by atomic mass is 10.1. The van der Waals surface area contributed by atoms with Gasteiger partial charge in [-0.25, -0.2) is 4.98 Å². The Balaban J connectivity index is 1.83. The Morgan fingerprint density at radius 2 is 1.65 bits per heavy atom. The van der Waals surface area contributed by atoms with E-state index in [1.807, 2.05) is 24.3 Å². The van der Waals surface area contributed by atoms with Crippen molar-refractivity contribution in [3.63, 3.8) is 0 Å². The van der Waals surface area contributed by atoms with Gasteiger partial charge in [0.25, 0.3) is 0 Å². The number of rotatable bonds is 3. The number of nitrogens with one attached hydrogen (secondary N) is 1. The molecule has 0 saturated heterocycles. The molecular weight excluding hydrogens is 244 g/mol. The highest BCUT2D eigenvalue weighted by Crippen LogP contribution is 2.20. The third-order valence-electron chi connectivity index (χ3n) is 3.54. The fraction of sp³-hybridized carbons (Fsp3) is 0.167. The topological polar surface area (TPSA) is 24.9 Å². The third kappa shape index (κ3) is 2.64. The van der Waals surface area contributed by atoms with Crippen LogP contribution in [0.5, 0.6) is 0 Å². The number of hydrogen-bond donors (Lipinski definition) is 1. The zero-order chi connectivity index (χ0) is 13.9. The van der Waals surface area contributed by atoms with E-state index >= 15 is 0 Å². The molecular formula is C18H18N2. The van der Waals surface area contributed by atoms with Crippen LogP contribution in [0.1, 0.15) is 24.1 Å². The first-order valence-electron chi connectivity index (χ1n) is 6.91. The van der Waals surface area contributed by atoms with Crippen LogP contribution in [-0.2, 0) is 0 Å². The van der Waals surface area contributed by atoms with E-state index in [2.05, 4.69) is 60.5 Å². The summed E-state index contributed by atoms with van der Waals surface area (Å²) >= 11 is 0. The van der Waals surface area contributed by atoms with Crippen molar-refractivity contribution in [2.75, 3.05) is 5.32 Å². The van der Waals surface area contributed by atoms with Crippen LogP contribution in [0, 0.1) is 6.92 Å². The Labute approximate surface area is 119 Å². The van der Waals surface area contributed by atoms with Gasteiger partial charge in [-0.2, -0.15) is 0 Å². The molecule has 0 aliphatic carbocycles. The number of fused-ring (bicyclic) bond motifs is 1.